The molecule has 0 aliphatic heterocycles. The van der Waals surface area contributed by atoms with E-state index in [-0.39, 0.29) is 6.42 Å². The van der Waals surface area contributed by atoms with E-state index in [2.05, 4.69) is 29.5 Å². The van der Waals surface area contributed by atoms with Gasteiger partial charge in [-0.15, -0.1) is 0 Å². The van der Waals surface area contributed by atoms with Crippen molar-refractivity contribution < 1.29 is 9.90 Å². The van der Waals surface area contributed by atoms with Crippen LogP contribution in [0, 0.1) is 11.8 Å². The Morgan fingerprint density at radius 2 is 2.33 bits per heavy atom. The maximum Gasteiger partial charge on any atom is 0.309 e. The molecule has 0 bridgehead atoms. The van der Waals surface area contributed by atoms with Crippen molar-refractivity contribution in [3.8, 4) is 11.8 Å². The Bertz CT molecular complexity index is 389. The predicted octanol–water partition coefficient (Wildman–Crippen LogP) is 1.38. The molecule has 0 fully saturated rings. The van der Waals surface area contributed by atoms with Gasteiger partial charge in [-0.3, -0.25) is 9.78 Å². The highest BCUT2D eigenvalue weighted by molar-refractivity contribution is 7.80. The van der Waals surface area contributed by atoms with Crippen LogP contribution in [-0.4, -0.2) is 21.8 Å². The van der Waals surface area contributed by atoms with Gasteiger partial charge in [0, 0.05) is 23.9 Å². The molecule has 3 nitrogen and oxygen atoms in total. The maximum atomic E-state index is 10.4. The van der Waals surface area contributed by atoms with Crippen LogP contribution in [0.5, 0.6) is 0 Å². The predicted molar refractivity (Wildman–Crippen MR) is 60.9 cm³/mol. The molecule has 0 radical (unpaired) electrons. The van der Waals surface area contributed by atoms with Gasteiger partial charge in [0.1, 0.15) is 0 Å². The van der Waals surface area contributed by atoms with Gasteiger partial charge in [-0.25, -0.2) is 0 Å². The smallest absolute Gasteiger partial charge is 0.309 e. The lowest BCUT2D eigenvalue weighted by molar-refractivity contribution is -0.136. The minimum Gasteiger partial charge on any atom is -0.481 e. The van der Waals surface area contributed by atoms with Crippen molar-refractivity contribution in [2.75, 3.05) is 5.75 Å². The van der Waals surface area contributed by atoms with Gasteiger partial charge in [0.15, 0.2) is 0 Å². The van der Waals surface area contributed by atoms with Crippen LogP contribution in [0.2, 0.25) is 0 Å². The molecule has 4 heteroatoms. The molecule has 0 aromatic carbocycles. The molecule has 78 valence electrons. The van der Waals surface area contributed by atoms with Crippen molar-refractivity contribution in [1.29, 1.82) is 0 Å². The Hall–Kier alpha value is -1.47. The summed E-state index contributed by atoms with van der Waals surface area (Å²) in [6.45, 7) is 0. The van der Waals surface area contributed by atoms with Crippen molar-refractivity contribution in [2.45, 2.75) is 12.8 Å². The number of carboxylic acid groups (broad SMARTS) is 1. The number of carbonyl (C=O) groups is 1. The van der Waals surface area contributed by atoms with Crippen LogP contribution in [0.15, 0.2) is 18.3 Å². The summed E-state index contributed by atoms with van der Waals surface area (Å²) in [7, 11) is 0. The highest BCUT2D eigenvalue weighted by Crippen LogP contribution is 1.99. The first-order valence-corrected chi connectivity index (χ1v) is 5.12. The summed E-state index contributed by atoms with van der Waals surface area (Å²) in [6, 6.07) is 3.45. The van der Waals surface area contributed by atoms with Crippen molar-refractivity contribution in [1.82, 2.24) is 4.98 Å². The van der Waals surface area contributed by atoms with E-state index in [1.807, 2.05) is 0 Å². The van der Waals surface area contributed by atoms with Gasteiger partial charge in [0.05, 0.1) is 12.1 Å². The van der Waals surface area contributed by atoms with Gasteiger partial charge >= 0.3 is 5.97 Å². The number of pyridine rings is 1. The Morgan fingerprint density at radius 3 is 2.87 bits per heavy atom. The highest BCUT2D eigenvalue weighted by atomic mass is 32.1. The van der Waals surface area contributed by atoms with Crippen molar-refractivity contribution in [3.63, 3.8) is 0 Å². The summed E-state index contributed by atoms with van der Waals surface area (Å²) in [6.07, 6.45) is 2.27. The van der Waals surface area contributed by atoms with E-state index < -0.39 is 5.97 Å². The first kappa shape index (κ1) is 11.6. The molecule has 1 aromatic heterocycles. The average molecular weight is 221 g/mol. The quantitative estimate of drug-likeness (QED) is 0.599. The molecule has 15 heavy (non-hydrogen) atoms. The van der Waals surface area contributed by atoms with Gasteiger partial charge in [0.25, 0.3) is 0 Å². The fraction of sp³-hybridized carbons (Fsp3) is 0.273. The molecule has 1 rings (SSSR count). The minimum atomic E-state index is -0.878. The number of hydrogen-bond donors (Lipinski definition) is 2. The third-order valence-corrected chi connectivity index (χ3v) is 1.85. The van der Waals surface area contributed by atoms with Crippen LogP contribution in [0.3, 0.4) is 0 Å². The van der Waals surface area contributed by atoms with Gasteiger partial charge in [0.2, 0.25) is 0 Å². The first-order chi connectivity index (χ1) is 7.22. The topological polar surface area (TPSA) is 50.2 Å². The Morgan fingerprint density at radius 1 is 1.53 bits per heavy atom. The van der Waals surface area contributed by atoms with Crippen LogP contribution >= 0.6 is 12.6 Å². The Kier molecular flexibility index (Phi) is 4.72. The van der Waals surface area contributed by atoms with E-state index in [1.54, 1.807) is 18.3 Å². The molecule has 0 saturated heterocycles. The average Bonchev–Trinajstić information content (AvgIpc) is 2.20. The zero-order valence-electron chi connectivity index (χ0n) is 8.10. The molecule has 0 spiro atoms. The number of hydrogen-bond acceptors (Lipinski definition) is 3. The molecule has 0 amide bonds. The van der Waals surface area contributed by atoms with Crippen LogP contribution in [0.25, 0.3) is 0 Å². The molecule has 1 heterocycles. The van der Waals surface area contributed by atoms with E-state index >= 15 is 0 Å². The zero-order valence-corrected chi connectivity index (χ0v) is 9.00. The molecule has 1 N–H and O–H groups in total. The summed E-state index contributed by atoms with van der Waals surface area (Å²) in [5, 5.41) is 8.53. The largest absolute Gasteiger partial charge is 0.481 e. The van der Waals surface area contributed by atoms with Crippen molar-refractivity contribution in [3.05, 3.63) is 29.6 Å². The molecule has 0 aliphatic rings. The number of thiol groups is 1. The summed E-state index contributed by atoms with van der Waals surface area (Å²) in [5.41, 5.74) is 1.34. The minimum absolute atomic E-state index is 0.0512. The van der Waals surface area contributed by atoms with E-state index in [4.69, 9.17) is 5.11 Å². The molecular formula is C11H11NO2S. The van der Waals surface area contributed by atoms with E-state index in [1.165, 1.54) is 0 Å². The highest BCUT2D eigenvalue weighted by Gasteiger charge is 2.00. The normalized spacial score (nSPS) is 9.13. The standard InChI is InChI=1S/C11H11NO2S/c13-11(14)7-10-5-4-9(8-12-10)3-1-2-6-15/h4-5,8,15H,2,6-7H2,(H,13,14). The van der Waals surface area contributed by atoms with Crippen LogP contribution in [-0.2, 0) is 11.2 Å². The van der Waals surface area contributed by atoms with Crippen molar-refractivity contribution in [2.24, 2.45) is 0 Å². The molecular weight excluding hydrogens is 210 g/mol. The number of rotatable bonds is 3. The fourth-order valence-electron chi connectivity index (χ4n) is 0.978. The molecule has 0 atom stereocenters. The van der Waals surface area contributed by atoms with Crippen molar-refractivity contribution >= 4 is 18.6 Å². The monoisotopic (exact) mass is 221 g/mol. The number of carboxylic acids is 1. The molecule has 0 saturated carbocycles. The van der Waals surface area contributed by atoms with E-state index in [0.717, 1.165) is 17.7 Å². The van der Waals surface area contributed by atoms with Crippen LogP contribution in [0.1, 0.15) is 17.7 Å². The number of aliphatic carboxylic acids is 1. The second kappa shape index (κ2) is 6.10. The lowest BCUT2D eigenvalue weighted by atomic mass is 10.2. The number of nitrogens with zero attached hydrogens (tertiary/aromatic N) is 1. The Labute approximate surface area is 94.0 Å². The van der Waals surface area contributed by atoms with Crippen LogP contribution < -0.4 is 0 Å². The zero-order chi connectivity index (χ0) is 11.1. The molecule has 0 aliphatic carbocycles. The summed E-state index contributed by atoms with van der Waals surface area (Å²) >= 11 is 4.04. The SMILES string of the molecule is O=C(O)Cc1ccc(C#CCCS)cn1. The second-order valence-electron chi connectivity index (χ2n) is 2.88. The first-order valence-electron chi connectivity index (χ1n) is 4.49. The van der Waals surface area contributed by atoms with E-state index in [0.29, 0.717) is 5.69 Å². The summed E-state index contributed by atoms with van der Waals surface area (Å²) < 4.78 is 0. The van der Waals surface area contributed by atoms with Gasteiger partial charge in [-0.2, -0.15) is 12.6 Å². The maximum absolute atomic E-state index is 10.4. The van der Waals surface area contributed by atoms with Crippen LogP contribution in [0.4, 0.5) is 0 Å². The third-order valence-electron chi connectivity index (χ3n) is 1.63. The van der Waals surface area contributed by atoms with Gasteiger partial charge in [-0.1, -0.05) is 11.8 Å². The van der Waals surface area contributed by atoms with E-state index in [9.17, 15) is 4.79 Å². The van der Waals surface area contributed by atoms with Gasteiger partial charge < -0.3 is 5.11 Å². The molecule has 0 unspecified atom stereocenters. The lowest BCUT2D eigenvalue weighted by Crippen LogP contribution is -2.01. The summed E-state index contributed by atoms with van der Waals surface area (Å²) in [5.74, 6) is 5.70. The fourth-order valence-corrected chi connectivity index (χ4v) is 1.09. The molecule has 1 aromatic rings. The summed E-state index contributed by atoms with van der Waals surface area (Å²) in [4.78, 5) is 14.4. The second-order valence-corrected chi connectivity index (χ2v) is 3.33. The Balaban J connectivity index is 2.65. The third kappa shape index (κ3) is 4.52. The lowest BCUT2D eigenvalue weighted by Gasteiger charge is -1.95. The van der Waals surface area contributed by atoms with Gasteiger partial charge in [-0.05, 0) is 12.1 Å². The number of aromatic nitrogens is 1.